The van der Waals surface area contributed by atoms with Crippen molar-refractivity contribution in [3.63, 3.8) is 0 Å². The van der Waals surface area contributed by atoms with E-state index < -0.39 is 6.10 Å². The third-order valence-electron chi connectivity index (χ3n) is 5.22. The Morgan fingerprint density at radius 2 is 1.62 bits per heavy atom. The van der Waals surface area contributed by atoms with Gasteiger partial charge in [0.1, 0.15) is 19.2 Å². The van der Waals surface area contributed by atoms with Gasteiger partial charge in [0.05, 0.1) is 26.3 Å². The van der Waals surface area contributed by atoms with Crippen molar-refractivity contribution in [3.8, 4) is 0 Å². The first-order valence-corrected chi connectivity index (χ1v) is 9.92. The van der Waals surface area contributed by atoms with Crippen molar-refractivity contribution in [2.24, 2.45) is 0 Å². The summed E-state index contributed by atoms with van der Waals surface area (Å²) in [6.07, 6.45) is 3.35. The number of quaternary nitrogens is 1. The maximum atomic E-state index is 10.6. The summed E-state index contributed by atoms with van der Waals surface area (Å²) in [6, 6.07) is 18.3. The van der Waals surface area contributed by atoms with Gasteiger partial charge in [-0.25, -0.2) is 0 Å². The minimum atomic E-state index is -0.441. The lowest BCUT2D eigenvalue weighted by Crippen LogP contribution is -2.55. The molecule has 4 heteroatoms. The number of nitrogens with zero attached hydrogens (tertiary/aromatic N) is 1. The van der Waals surface area contributed by atoms with Gasteiger partial charge in [0.2, 0.25) is 0 Å². The quantitative estimate of drug-likeness (QED) is 0.693. The van der Waals surface area contributed by atoms with Crippen LogP contribution in [0.2, 0.25) is 5.02 Å². The molecular formula is C22H29ClNO2+. The second kappa shape index (κ2) is 9.52. The number of aliphatic hydroxyl groups excluding tert-OH is 1. The summed E-state index contributed by atoms with van der Waals surface area (Å²) in [6.45, 7) is 4.92. The van der Waals surface area contributed by atoms with Crippen LogP contribution in [0.1, 0.15) is 30.4 Å². The second-order valence-electron chi connectivity index (χ2n) is 7.47. The first-order valence-electron chi connectivity index (χ1n) is 9.55. The van der Waals surface area contributed by atoms with Gasteiger partial charge in [-0.05, 0) is 37.0 Å². The topological polar surface area (TPSA) is 29.5 Å². The van der Waals surface area contributed by atoms with E-state index in [1.165, 1.54) is 24.8 Å². The van der Waals surface area contributed by atoms with Gasteiger partial charge in [-0.15, -0.1) is 0 Å². The summed E-state index contributed by atoms with van der Waals surface area (Å²) in [7, 11) is 0. The van der Waals surface area contributed by atoms with Crippen LogP contribution < -0.4 is 0 Å². The lowest BCUT2D eigenvalue weighted by atomic mass is 10.0. The van der Waals surface area contributed by atoms with Crippen LogP contribution in [-0.2, 0) is 17.9 Å². The number of aliphatic hydroxyl groups is 1. The molecule has 1 saturated heterocycles. The van der Waals surface area contributed by atoms with E-state index in [4.69, 9.17) is 16.3 Å². The van der Waals surface area contributed by atoms with Crippen LogP contribution >= 0.6 is 11.6 Å². The molecule has 2 aromatic carbocycles. The third-order valence-corrected chi connectivity index (χ3v) is 5.47. The van der Waals surface area contributed by atoms with Crippen molar-refractivity contribution in [3.05, 3.63) is 70.7 Å². The van der Waals surface area contributed by atoms with Crippen molar-refractivity contribution in [2.45, 2.75) is 38.5 Å². The van der Waals surface area contributed by atoms with E-state index >= 15 is 0 Å². The fraction of sp³-hybridized carbons (Fsp3) is 0.455. The highest BCUT2D eigenvalue weighted by atomic mass is 35.5. The highest BCUT2D eigenvalue weighted by Crippen LogP contribution is 2.23. The van der Waals surface area contributed by atoms with E-state index in [9.17, 15) is 5.11 Å². The van der Waals surface area contributed by atoms with Crippen LogP contribution in [0.4, 0.5) is 0 Å². The summed E-state index contributed by atoms with van der Waals surface area (Å²) in [5, 5.41) is 11.3. The molecule has 1 aliphatic heterocycles. The molecule has 1 atom stereocenters. The molecule has 1 N–H and O–H groups in total. The van der Waals surface area contributed by atoms with Crippen LogP contribution in [0, 0.1) is 0 Å². The summed E-state index contributed by atoms with van der Waals surface area (Å²) in [5.41, 5.74) is 2.43. The molecule has 1 heterocycles. The molecular weight excluding hydrogens is 346 g/mol. The van der Waals surface area contributed by atoms with Crippen LogP contribution in [0.5, 0.6) is 0 Å². The standard InChI is InChI=1S/C22H29ClNO2/c23-21-11-9-20(10-12-21)17-26-18-22(25)16-24(13-5-2-6-14-24)15-19-7-3-1-4-8-19/h1,3-4,7-12,22,25H,2,5-6,13-18H2/q+1. The number of hydrogen-bond acceptors (Lipinski definition) is 2. The molecule has 0 amide bonds. The van der Waals surface area contributed by atoms with Crippen molar-refractivity contribution in [1.82, 2.24) is 0 Å². The Morgan fingerprint density at radius 3 is 2.31 bits per heavy atom. The van der Waals surface area contributed by atoms with E-state index in [1.807, 2.05) is 24.3 Å². The van der Waals surface area contributed by atoms with E-state index in [0.29, 0.717) is 13.2 Å². The first kappa shape index (κ1) is 19.4. The Hall–Kier alpha value is -1.39. The molecule has 0 saturated carbocycles. The molecule has 0 radical (unpaired) electrons. The van der Waals surface area contributed by atoms with Gasteiger partial charge in [0.15, 0.2) is 0 Å². The predicted molar refractivity (Wildman–Crippen MR) is 106 cm³/mol. The SMILES string of the molecule is OC(COCc1ccc(Cl)cc1)C[N+]1(Cc2ccccc2)CCCCC1. The van der Waals surface area contributed by atoms with Crippen LogP contribution in [0.3, 0.4) is 0 Å². The molecule has 0 aromatic heterocycles. The first-order chi connectivity index (χ1) is 12.7. The van der Waals surface area contributed by atoms with Crippen LogP contribution in [-0.4, -0.2) is 41.9 Å². The van der Waals surface area contributed by atoms with Gasteiger partial charge in [-0.3, -0.25) is 0 Å². The fourth-order valence-corrected chi connectivity index (χ4v) is 4.08. The zero-order chi connectivity index (χ0) is 18.2. The summed E-state index contributed by atoms with van der Waals surface area (Å²) in [5.74, 6) is 0. The summed E-state index contributed by atoms with van der Waals surface area (Å²) in [4.78, 5) is 0. The lowest BCUT2D eigenvalue weighted by Gasteiger charge is -2.42. The second-order valence-corrected chi connectivity index (χ2v) is 7.91. The zero-order valence-corrected chi connectivity index (χ0v) is 16.1. The van der Waals surface area contributed by atoms with Gasteiger partial charge in [0.25, 0.3) is 0 Å². The number of likely N-dealkylation sites (tertiary alicyclic amines) is 1. The molecule has 0 spiro atoms. The van der Waals surface area contributed by atoms with Crippen molar-refractivity contribution < 1.29 is 14.3 Å². The van der Waals surface area contributed by atoms with Gasteiger partial charge in [-0.1, -0.05) is 54.1 Å². The summed E-state index contributed by atoms with van der Waals surface area (Å²) >= 11 is 5.90. The Kier molecular flexibility index (Phi) is 7.09. The Labute approximate surface area is 161 Å². The highest BCUT2D eigenvalue weighted by molar-refractivity contribution is 6.30. The van der Waals surface area contributed by atoms with Gasteiger partial charge < -0.3 is 14.3 Å². The van der Waals surface area contributed by atoms with Gasteiger partial charge >= 0.3 is 0 Å². The zero-order valence-electron chi connectivity index (χ0n) is 15.3. The molecule has 0 bridgehead atoms. The Morgan fingerprint density at radius 1 is 0.923 bits per heavy atom. The predicted octanol–water partition coefficient (Wildman–Crippen LogP) is 4.42. The number of piperidine rings is 1. The number of rotatable bonds is 8. The molecule has 1 aliphatic rings. The molecule has 140 valence electrons. The maximum Gasteiger partial charge on any atom is 0.126 e. The molecule has 0 aliphatic carbocycles. The van der Waals surface area contributed by atoms with Gasteiger partial charge in [0, 0.05) is 10.6 Å². The van der Waals surface area contributed by atoms with Crippen LogP contribution in [0.25, 0.3) is 0 Å². The number of hydrogen-bond donors (Lipinski definition) is 1. The largest absolute Gasteiger partial charge is 0.385 e. The molecule has 26 heavy (non-hydrogen) atoms. The number of halogens is 1. The number of ether oxygens (including phenoxy) is 1. The van der Waals surface area contributed by atoms with E-state index in [0.717, 1.165) is 41.2 Å². The number of benzene rings is 2. The van der Waals surface area contributed by atoms with E-state index in [2.05, 4.69) is 30.3 Å². The van der Waals surface area contributed by atoms with Crippen molar-refractivity contribution in [1.29, 1.82) is 0 Å². The maximum absolute atomic E-state index is 10.6. The minimum absolute atomic E-state index is 0.372. The lowest BCUT2D eigenvalue weighted by molar-refractivity contribution is -0.947. The molecule has 1 fully saturated rings. The molecule has 1 unspecified atom stereocenters. The van der Waals surface area contributed by atoms with Crippen molar-refractivity contribution in [2.75, 3.05) is 26.2 Å². The smallest absolute Gasteiger partial charge is 0.126 e. The Balaban J connectivity index is 1.53. The fourth-order valence-electron chi connectivity index (χ4n) is 3.95. The van der Waals surface area contributed by atoms with Crippen LogP contribution in [0.15, 0.2) is 54.6 Å². The van der Waals surface area contributed by atoms with Gasteiger partial charge in [-0.2, -0.15) is 0 Å². The van der Waals surface area contributed by atoms with E-state index in [1.54, 1.807) is 0 Å². The Bertz CT molecular complexity index is 654. The third kappa shape index (κ3) is 5.82. The summed E-state index contributed by atoms with van der Waals surface area (Å²) < 4.78 is 6.72. The highest BCUT2D eigenvalue weighted by Gasteiger charge is 2.32. The molecule has 3 rings (SSSR count). The normalized spacial score (nSPS) is 17.8. The average molecular weight is 375 g/mol. The minimum Gasteiger partial charge on any atom is -0.385 e. The van der Waals surface area contributed by atoms with Crippen molar-refractivity contribution >= 4 is 11.6 Å². The molecule has 2 aromatic rings. The molecule has 3 nitrogen and oxygen atoms in total. The average Bonchev–Trinajstić information content (AvgIpc) is 2.65. The monoisotopic (exact) mass is 374 g/mol. The van der Waals surface area contributed by atoms with E-state index in [-0.39, 0.29) is 0 Å².